The molecule has 1 aliphatic rings. The van der Waals surface area contributed by atoms with E-state index >= 15 is 0 Å². The molecular weight excluding hydrogens is 302 g/mol. The Labute approximate surface area is 141 Å². The minimum absolute atomic E-state index is 0.0625. The van der Waals surface area contributed by atoms with E-state index in [1.54, 1.807) is 0 Å². The minimum Gasteiger partial charge on any atom is -0.481 e. The molecule has 2 aromatic carbocycles. The summed E-state index contributed by atoms with van der Waals surface area (Å²) in [6.07, 6.45) is 0.926. The van der Waals surface area contributed by atoms with Crippen molar-refractivity contribution in [2.24, 2.45) is 0 Å². The maximum Gasteiger partial charge on any atom is 0.310 e. The predicted octanol–water partition coefficient (Wildman–Crippen LogP) is 3.07. The average molecular weight is 323 g/mol. The number of hydrogen-bond acceptors (Lipinski definition) is 2. The number of benzene rings is 2. The lowest BCUT2D eigenvalue weighted by molar-refractivity contribution is -0.140. The van der Waals surface area contributed by atoms with E-state index in [-0.39, 0.29) is 5.91 Å². The average Bonchev–Trinajstić information content (AvgIpc) is 2.61. The van der Waals surface area contributed by atoms with Gasteiger partial charge in [0.1, 0.15) is 0 Å². The number of fused-ring (bicyclic) bond motifs is 1. The third-order valence-corrected chi connectivity index (χ3v) is 4.89. The molecule has 1 aliphatic carbocycles. The van der Waals surface area contributed by atoms with Gasteiger partial charge in [0, 0.05) is 6.54 Å². The molecule has 24 heavy (non-hydrogen) atoms. The number of likely N-dealkylation sites (N-methyl/N-ethyl adjacent to an activating group) is 1. The number of aliphatic carboxylic acids is 1. The summed E-state index contributed by atoms with van der Waals surface area (Å²) in [5.74, 6) is -1.46. The van der Waals surface area contributed by atoms with Crippen LogP contribution in [0.1, 0.15) is 42.4 Å². The molecule has 0 bridgehead atoms. The molecule has 4 nitrogen and oxygen atoms in total. The topological polar surface area (TPSA) is 66.4 Å². The Morgan fingerprint density at radius 1 is 1.12 bits per heavy atom. The second kappa shape index (κ2) is 6.48. The highest BCUT2D eigenvalue weighted by Crippen LogP contribution is 2.47. The van der Waals surface area contributed by atoms with Crippen molar-refractivity contribution in [3.05, 3.63) is 71.3 Å². The summed E-state index contributed by atoms with van der Waals surface area (Å²) in [5, 5.41) is 12.5. The summed E-state index contributed by atoms with van der Waals surface area (Å²) in [4.78, 5) is 24.8. The van der Waals surface area contributed by atoms with Crippen LogP contribution in [0.15, 0.2) is 54.6 Å². The van der Waals surface area contributed by atoms with Crippen molar-refractivity contribution >= 4 is 11.9 Å². The summed E-state index contributed by atoms with van der Waals surface area (Å²) < 4.78 is 0. The number of hydrogen-bond donors (Lipinski definition) is 2. The van der Waals surface area contributed by atoms with Gasteiger partial charge in [0.25, 0.3) is 0 Å². The lowest BCUT2D eigenvalue weighted by atomic mass is 9.62. The second-order valence-corrected chi connectivity index (χ2v) is 6.15. The quantitative estimate of drug-likeness (QED) is 0.909. The zero-order valence-corrected chi connectivity index (χ0v) is 13.7. The molecule has 0 aromatic heterocycles. The van der Waals surface area contributed by atoms with Crippen LogP contribution < -0.4 is 5.32 Å². The van der Waals surface area contributed by atoms with Crippen LogP contribution in [0.25, 0.3) is 0 Å². The van der Waals surface area contributed by atoms with Gasteiger partial charge in [-0.15, -0.1) is 0 Å². The van der Waals surface area contributed by atoms with Crippen LogP contribution in [0.5, 0.6) is 0 Å². The van der Waals surface area contributed by atoms with Gasteiger partial charge >= 0.3 is 5.97 Å². The fourth-order valence-electron chi connectivity index (χ4n) is 3.80. The Morgan fingerprint density at radius 3 is 2.46 bits per heavy atom. The van der Waals surface area contributed by atoms with Crippen molar-refractivity contribution in [2.45, 2.75) is 31.1 Å². The fourth-order valence-corrected chi connectivity index (χ4v) is 3.80. The summed E-state index contributed by atoms with van der Waals surface area (Å²) in [6.45, 7) is 2.43. The van der Waals surface area contributed by atoms with Crippen LogP contribution in [-0.2, 0) is 15.0 Å². The summed E-state index contributed by atoms with van der Waals surface area (Å²) in [7, 11) is 0. The second-order valence-electron chi connectivity index (χ2n) is 6.15. The van der Waals surface area contributed by atoms with Crippen molar-refractivity contribution in [2.75, 3.05) is 6.54 Å². The Hall–Kier alpha value is -2.62. The van der Waals surface area contributed by atoms with E-state index in [0.29, 0.717) is 19.4 Å². The standard InChI is InChI=1S/C20H21NO3/c1-2-21-19(24)20(14-8-4-3-5-9-14)13-12-16(18(22)23)15-10-6-7-11-17(15)20/h3-11,16H,2,12-13H2,1H3,(H,21,24)(H,22,23)/t16-,20?/m0/s1. The third-order valence-electron chi connectivity index (χ3n) is 4.89. The van der Waals surface area contributed by atoms with Gasteiger partial charge in [-0.25, -0.2) is 0 Å². The molecule has 1 unspecified atom stereocenters. The highest BCUT2D eigenvalue weighted by atomic mass is 16.4. The number of carboxylic acids is 1. The normalized spacial score (nSPS) is 22.5. The maximum absolute atomic E-state index is 13.1. The van der Waals surface area contributed by atoms with Gasteiger partial charge in [-0.1, -0.05) is 54.6 Å². The van der Waals surface area contributed by atoms with Crippen LogP contribution >= 0.6 is 0 Å². The van der Waals surface area contributed by atoms with Gasteiger partial charge in [0.2, 0.25) is 5.91 Å². The van der Waals surface area contributed by atoms with E-state index in [9.17, 15) is 14.7 Å². The lowest BCUT2D eigenvalue weighted by Crippen LogP contribution is -2.48. The molecule has 0 fully saturated rings. The highest BCUT2D eigenvalue weighted by molar-refractivity contribution is 5.94. The summed E-state index contributed by atoms with van der Waals surface area (Å²) in [5.41, 5.74) is 1.62. The monoisotopic (exact) mass is 323 g/mol. The molecule has 2 atom stereocenters. The molecular formula is C20H21NO3. The van der Waals surface area contributed by atoms with E-state index in [2.05, 4.69) is 5.32 Å². The van der Waals surface area contributed by atoms with Gasteiger partial charge in [-0.2, -0.15) is 0 Å². The number of carboxylic acid groups (broad SMARTS) is 1. The van der Waals surface area contributed by atoms with Crippen LogP contribution in [-0.4, -0.2) is 23.5 Å². The SMILES string of the molecule is CCNC(=O)C1(c2ccccc2)CC[C@H](C(=O)O)c2ccccc21. The van der Waals surface area contributed by atoms with E-state index in [4.69, 9.17) is 0 Å². The molecule has 0 heterocycles. The number of rotatable bonds is 4. The number of nitrogens with one attached hydrogen (secondary N) is 1. The smallest absolute Gasteiger partial charge is 0.310 e. The Kier molecular flexibility index (Phi) is 4.38. The molecule has 0 radical (unpaired) electrons. The number of amides is 1. The number of carbonyl (C=O) groups is 2. The summed E-state index contributed by atoms with van der Waals surface area (Å²) >= 11 is 0. The molecule has 2 aromatic rings. The Bertz CT molecular complexity index is 756. The van der Waals surface area contributed by atoms with Gasteiger partial charge in [-0.05, 0) is 36.5 Å². The molecule has 1 amide bonds. The lowest BCUT2D eigenvalue weighted by Gasteiger charge is -2.40. The maximum atomic E-state index is 13.1. The van der Waals surface area contributed by atoms with Crippen LogP contribution in [0, 0.1) is 0 Å². The van der Waals surface area contributed by atoms with Crippen molar-refractivity contribution in [3.8, 4) is 0 Å². The highest BCUT2D eigenvalue weighted by Gasteiger charge is 2.47. The van der Waals surface area contributed by atoms with Crippen molar-refractivity contribution in [3.63, 3.8) is 0 Å². The van der Waals surface area contributed by atoms with Crippen LogP contribution in [0.2, 0.25) is 0 Å². The van der Waals surface area contributed by atoms with E-state index < -0.39 is 17.3 Å². The molecule has 0 saturated heterocycles. The Balaban J connectivity index is 2.25. The molecule has 2 N–H and O–H groups in total. The van der Waals surface area contributed by atoms with Crippen LogP contribution in [0.4, 0.5) is 0 Å². The third kappa shape index (κ3) is 2.48. The van der Waals surface area contributed by atoms with Gasteiger partial charge in [0.05, 0.1) is 11.3 Å². The minimum atomic E-state index is -0.834. The van der Waals surface area contributed by atoms with Crippen molar-refractivity contribution in [1.82, 2.24) is 5.32 Å². The van der Waals surface area contributed by atoms with E-state index in [0.717, 1.165) is 16.7 Å². The largest absolute Gasteiger partial charge is 0.481 e. The van der Waals surface area contributed by atoms with Gasteiger partial charge < -0.3 is 10.4 Å². The van der Waals surface area contributed by atoms with Gasteiger partial charge in [-0.3, -0.25) is 9.59 Å². The molecule has 0 spiro atoms. The zero-order valence-electron chi connectivity index (χ0n) is 13.7. The zero-order chi connectivity index (χ0) is 17.2. The first kappa shape index (κ1) is 16.2. The predicted molar refractivity (Wildman–Crippen MR) is 92.0 cm³/mol. The van der Waals surface area contributed by atoms with E-state index in [1.807, 2.05) is 61.5 Å². The van der Waals surface area contributed by atoms with Crippen molar-refractivity contribution in [1.29, 1.82) is 0 Å². The summed E-state index contributed by atoms with van der Waals surface area (Å²) in [6, 6.07) is 17.1. The molecule has 0 saturated carbocycles. The van der Waals surface area contributed by atoms with Crippen molar-refractivity contribution < 1.29 is 14.7 Å². The first-order valence-electron chi connectivity index (χ1n) is 8.27. The number of carbonyl (C=O) groups excluding carboxylic acids is 1. The first-order valence-corrected chi connectivity index (χ1v) is 8.27. The molecule has 3 rings (SSSR count). The first-order chi connectivity index (χ1) is 11.6. The fraction of sp³-hybridized carbons (Fsp3) is 0.300. The van der Waals surface area contributed by atoms with Gasteiger partial charge in [0.15, 0.2) is 0 Å². The molecule has 124 valence electrons. The molecule has 0 aliphatic heterocycles. The Morgan fingerprint density at radius 2 is 1.79 bits per heavy atom. The van der Waals surface area contributed by atoms with Crippen LogP contribution in [0.3, 0.4) is 0 Å². The molecule has 4 heteroatoms. The van der Waals surface area contributed by atoms with E-state index in [1.165, 1.54) is 0 Å².